The minimum atomic E-state index is 0.107. The number of carbonyl (C=O) groups is 1. The molecule has 0 fully saturated rings. The third kappa shape index (κ3) is 3.31. The summed E-state index contributed by atoms with van der Waals surface area (Å²) in [6.45, 7) is 7.13. The number of hydrogen-bond acceptors (Lipinski definition) is 3. The van der Waals surface area contributed by atoms with Crippen molar-refractivity contribution in [2.24, 2.45) is 0 Å². The Hall–Kier alpha value is -1.55. The van der Waals surface area contributed by atoms with E-state index in [9.17, 15) is 4.79 Å². The average Bonchev–Trinajstić information content (AvgIpc) is 2.87. The Balaban J connectivity index is 2.04. The first-order valence-corrected chi connectivity index (χ1v) is 7.47. The fraction of sp³-hybridized carbons (Fsp3) is 0.562. The van der Waals surface area contributed by atoms with Gasteiger partial charge in [-0.15, -0.1) is 0 Å². The SMILES string of the molecule is CCNC(C)c1ccc2c(c1)CCN2CCC(=O)NC. The van der Waals surface area contributed by atoms with Crippen molar-refractivity contribution >= 4 is 11.6 Å². The lowest BCUT2D eigenvalue weighted by Gasteiger charge is -2.20. The van der Waals surface area contributed by atoms with Gasteiger partial charge in [0, 0.05) is 38.3 Å². The number of nitrogens with one attached hydrogen (secondary N) is 2. The molecule has 0 saturated carbocycles. The predicted octanol–water partition coefficient (Wildman–Crippen LogP) is 1.86. The van der Waals surface area contributed by atoms with Gasteiger partial charge in [-0.2, -0.15) is 0 Å². The van der Waals surface area contributed by atoms with Crippen LogP contribution in [0.25, 0.3) is 0 Å². The van der Waals surface area contributed by atoms with Gasteiger partial charge in [-0.05, 0) is 37.1 Å². The molecule has 0 saturated heterocycles. The van der Waals surface area contributed by atoms with E-state index in [0.29, 0.717) is 12.5 Å². The Morgan fingerprint density at radius 3 is 2.95 bits per heavy atom. The third-order valence-electron chi connectivity index (χ3n) is 3.99. The molecule has 1 aromatic rings. The van der Waals surface area contributed by atoms with Gasteiger partial charge in [0.1, 0.15) is 0 Å². The first-order valence-electron chi connectivity index (χ1n) is 7.47. The number of benzene rings is 1. The van der Waals surface area contributed by atoms with E-state index in [0.717, 1.165) is 26.1 Å². The second kappa shape index (κ2) is 6.75. The van der Waals surface area contributed by atoms with Crippen LogP contribution in [0.3, 0.4) is 0 Å². The van der Waals surface area contributed by atoms with Crippen LogP contribution in [-0.2, 0) is 11.2 Å². The van der Waals surface area contributed by atoms with E-state index in [2.05, 4.69) is 47.6 Å². The second-order valence-corrected chi connectivity index (χ2v) is 5.33. The second-order valence-electron chi connectivity index (χ2n) is 5.33. The van der Waals surface area contributed by atoms with Gasteiger partial charge in [0.15, 0.2) is 0 Å². The van der Waals surface area contributed by atoms with E-state index in [1.54, 1.807) is 7.05 Å². The first kappa shape index (κ1) is 14.9. The molecule has 0 aromatic heterocycles. The smallest absolute Gasteiger partial charge is 0.221 e. The minimum absolute atomic E-state index is 0.107. The predicted molar refractivity (Wildman–Crippen MR) is 83.1 cm³/mol. The minimum Gasteiger partial charge on any atom is -0.370 e. The zero-order chi connectivity index (χ0) is 14.5. The topological polar surface area (TPSA) is 44.4 Å². The molecule has 1 unspecified atom stereocenters. The van der Waals surface area contributed by atoms with Crippen LogP contribution in [0.5, 0.6) is 0 Å². The highest BCUT2D eigenvalue weighted by Crippen LogP contribution is 2.30. The largest absolute Gasteiger partial charge is 0.370 e. The van der Waals surface area contributed by atoms with Crippen LogP contribution in [0.4, 0.5) is 5.69 Å². The van der Waals surface area contributed by atoms with Crippen LogP contribution in [-0.4, -0.2) is 32.6 Å². The van der Waals surface area contributed by atoms with Gasteiger partial charge in [-0.1, -0.05) is 19.1 Å². The summed E-state index contributed by atoms with van der Waals surface area (Å²) < 4.78 is 0. The molecule has 20 heavy (non-hydrogen) atoms. The molecule has 0 radical (unpaired) electrons. The van der Waals surface area contributed by atoms with E-state index < -0.39 is 0 Å². The highest BCUT2D eigenvalue weighted by Gasteiger charge is 2.20. The van der Waals surface area contributed by atoms with Gasteiger partial charge in [-0.3, -0.25) is 4.79 Å². The Labute approximate surface area is 121 Å². The van der Waals surface area contributed by atoms with Gasteiger partial charge >= 0.3 is 0 Å². The van der Waals surface area contributed by atoms with Crippen LogP contribution < -0.4 is 15.5 Å². The van der Waals surface area contributed by atoms with E-state index >= 15 is 0 Å². The molecular formula is C16H25N3O. The maximum atomic E-state index is 11.3. The van der Waals surface area contributed by atoms with Gasteiger partial charge in [0.2, 0.25) is 5.91 Å². The molecule has 0 aliphatic carbocycles. The fourth-order valence-electron chi connectivity index (χ4n) is 2.78. The summed E-state index contributed by atoms with van der Waals surface area (Å²) in [6.07, 6.45) is 1.64. The lowest BCUT2D eigenvalue weighted by Crippen LogP contribution is -2.27. The molecule has 4 heteroatoms. The Kier molecular flexibility index (Phi) is 5.01. The molecule has 1 aliphatic heterocycles. The zero-order valence-electron chi connectivity index (χ0n) is 12.7. The van der Waals surface area contributed by atoms with Crippen molar-refractivity contribution in [2.45, 2.75) is 32.7 Å². The summed E-state index contributed by atoms with van der Waals surface area (Å²) in [4.78, 5) is 13.7. The molecule has 0 bridgehead atoms. The number of rotatable bonds is 6. The molecule has 1 aliphatic rings. The summed E-state index contributed by atoms with van der Waals surface area (Å²) in [7, 11) is 1.69. The number of carbonyl (C=O) groups excluding carboxylic acids is 1. The summed E-state index contributed by atoms with van der Waals surface area (Å²) in [5, 5.41) is 6.12. The quantitative estimate of drug-likeness (QED) is 0.833. The van der Waals surface area contributed by atoms with Gasteiger partial charge in [0.05, 0.1) is 0 Å². The van der Waals surface area contributed by atoms with Crippen molar-refractivity contribution < 1.29 is 4.79 Å². The van der Waals surface area contributed by atoms with Crippen LogP contribution in [0.1, 0.15) is 37.4 Å². The molecule has 1 atom stereocenters. The summed E-state index contributed by atoms with van der Waals surface area (Å²) in [6, 6.07) is 7.10. The Bertz CT molecular complexity index is 473. The van der Waals surface area contributed by atoms with E-state index in [4.69, 9.17) is 0 Å². The molecule has 110 valence electrons. The average molecular weight is 275 g/mol. The monoisotopic (exact) mass is 275 g/mol. The molecule has 1 heterocycles. The highest BCUT2D eigenvalue weighted by atomic mass is 16.1. The van der Waals surface area contributed by atoms with E-state index in [-0.39, 0.29) is 5.91 Å². The van der Waals surface area contributed by atoms with Crippen molar-refractivity contribution in [1.82, 2.24) is 10.6 Å². The summed E-state index contributed by atoms with van der Waals surface area (Å²) in [5.41, 5.74) is 4.05. The number of amides is 1. The maximum Gasteiger partial charge on any atom is 0.221 e. The van der Waals surface area contributed by atoms with Gasteiger partial charge in [0.25, 0.3) is 0 Å². The maximum absolute atomic E-state index is 11.3. The molecule has 0 spiro atoms. The van der Waals surface area contributed by atoms with Crippen molar-refractivity contribution in [1.29, 1.82) is 0 Å². The lowest BCUT2D eigenvalue weighted by molar-refractivity contribution is -0.120. The number of nitrogens with zero attached hydrogens (tertiary/aromatic N) is 1. The standard InChI is InChI=1S/C16H25N3O/c1-4-18-12(2)13-5-6-15-14(11-13)7-9-19(15)10-8-16(20)17-3/h5-6,11-12,18H,4,7-10H2,1-3H3,(H,17,20). The molecule has 2 rings (SSSR count). The lowest BCUT2D eigenvalue weighted by atomic mass is 10.0. The molecule has 4 nitrogen and oxygen atoms in total. The van der Waals surface area contributed by atoms with Crippen LogP contribution >= 0.6 is 0 Å². The van der Waals surface area contributed by atoms with Crippen LogP contribution in [0.2, 0.25) is 0 Å². The van der Waals surface area contributed by atoms with Crippen molar-refractivity contribution in [3.63, 3.8) is 0 Å². The molecular weight excluding hydrogens is 250 g/mol. The van der Waals surface area contributed by atoms with Gasteiger partial charge < -0.3 is 15.5 Å². The van der Waals surface area contributed by atoms with Gasteiger partial charge in [-0.25, -0.2) is 0 Å². The Morgan fingerprint density at radius 1 is 1.45 bits per heavy atom. The Morgan fingerprint density at radius 2 is 2.25 bits per heavy atom. The molecule has 1 amide bonds. The molecule has 1 aromatic carbocycles. The number of fused-ring (bicyclic) bond motifs is 1. The summed E-state index contributed by atoms with van der Waals surface area (Å²) in [5.74, 6) is 0.107. The number of hydrogen-bond donors (Lipinski definition) is 2. The highest BCUT2D eigenvalue weighted by molar-refractivity contribution is 5.76. The number of anilines is 1. The zero-order valence-corrected chi connectivity index (χ0v) is 12.7. The fourth-order valence-corrected chi connectivity index (χ4v) is 2.78. The van der Waals surface area contributed by atoms with Crippen molar-refractivity contribution in [2.75, 3.05) is 31.6 Å². The normalized spacial score (nSPS) is 15.1. The third-order valence-corrected chi connectivity index (χ3v) is 3.99. The summed E-state index contributed by atoms with van der Waals surface area (Å²) >= 11 is 0. The van der Waals surface area contributed by atoms with E-state index in [1.165, 1.54) is 16.8 Å². The molecule has 2 N–H and O–H groups in total. The first-order chi connectivity index (χ1) is 9.65. The van der Waals surface area contributed by atoms with Crippen LogP contribution in [0.15, 0.2) is 18.2 Å². The van der Waals surface area contributed by atoms with Crippen LogP contribution in [0, 0.1) is 0 Å². The van der Waals surface area contributed by atoms with Crippen molar-refractivity contribution in [3.8, 4) is 0 Å². The van der Waals surface area contributed by atoms with E-state index in [1.807, 2.05) is 0 Å². The van der Waals surface area contributed by atoms with Crippen molar-refractivity contribution in [3.05, 3.63) is 29.3 Å².